The van der Waals surface area contributed by atoms with Crippen LogP contribution in [0.4, 0.5) is 11.4 Å². The molecule has 1 aromatic rings. The van der Waals surface area contributed by atoms with E-state index in [1.54, 1.807) is 19.9 Å². The van der Waals surface area contributed by atoms with Crippen LogP contribution < -0.4 is 11.5 Å². The summed E-state index contributed by atoms with van der Waals surface area (Å²) in [5.41, 5.74) is 13.4. The van der Waals surface area contributed by atoms with Gasteiger partial charge in [-0.2, -0.15) is 0 Å². The van der Waals surface area contributed by atoms with Gasteiger partial charge in [-0.1, -0.05) is 0 Å². The van der Waals surface area contributed by atoms with Crippen LogP contribution in [0.25, 0.3) is 0 Å². The lowest BCUT2D eigenvalue weighted by atomic mass is 10.0. The van der Waals surface area contributed by atoms with Crippen LogP contribution >= 0.6 is 0 Å². The Labute approximate surface area is 76.2 Å². The van der Waals surface area contributed by atoms with Crippen LogP contribution in [0.2, 0.25) is 0 Å². The minimum absolute atomic E-state index is 0.145. The van der Waals surface area contributed by atoms with Crippen molar-refractivity contribution in [2.45, 2.75) is 13.8 Å². The molecule has 0 heterocycles. The summed E-state index contributed by atoms with van der Waals surface area (Å²) in [4.78, 5) is 10.8. The molecule has 0 amide bonds. The van der Waals surface area contributed by atoms with E-state index >= 15 is 0 Å². The van der Waals surface area contributed by atoms with Gasteiger partial charge in [0.2, 0.25) is 0 Å². The highest BCUT2D eigenvalue weighted by Gasteiger charge is 2.14. The summed E-state index contributed by atoms with van der Waals surface area (Å²) in [6, 6.07) is 1.62. The lowest BCUT2D eigenvalue weighted by Crippen LogP contribution is -2.08. The Bertz CT molecular complexity index is 372. The minimum Gasteiger partial charge on any atom is -0.478 e. The Kier molecular flexibility index (Phi) is 2.14. The minimum atomic E-state index is -1.02. The fourth-order valence-corrected chi connectivity index (χ4v) is 1.25. The van der Waals surface area contributed by atoms with Gasteiger partial charge in [0, 0.05) is 5.69 Å². The van der Waals surface area contributed by atoms with Crippen LogP contribution in [-0.2, 0) is 0 Å². The molecule has 0 fully saturated rings. The smallest absolute Gasteiger partial charge is 0.338 e. The molecule has 0 radical (unpaired) electrons. The summed E-state index contributed by atoms with van der Waals surface area (Å²) in [5.74, 6) is -1.02. The average molecular weight is 180 g/mol. The number of carboxylic acids is 1. The number of anilines is 2. The first-order valence-electron chi connectivity index (χ1n) is 3.83. The van der Waals surface area contributed by atoms with Crippen LogP contribution in [0.5, 0.6) is 0 Å². The molecule has 4 heteroatoms. The molecule has 0 aromatic heterocycles. The molecule has 0 spiro atoms. The molecule has 5 N–H and O–H groups in total. The van der Waals surface area contributed by atoms with Gasteiger partial charge in [0.05, 0.1) is 11.3 Å². The maximum atomic E-state index is 10.8. The quantitative estimate of drug-likeness (QED) is 0.566. The second-order valence-electron chi connectivity index (χ2n) is 3.00. The molecule has 13 heavy (non-hydrogen) atoms. The van der Waals surface area contributed by atoms with E-state index in [2.05, 4.69) is 0 Å². The van der Waals surface area contributed by atoms with Crippen molar-refractivity contribution in [3.63, 3.8) is 0 Å². The van der Waals surface area contributed by atoms with E-state index < -0.39 is 5.97 Å². The normalized spacial score (nSPS) is 10.0. The number of aryl methyl sites for hydroxylation is 1. The van der Waals surface area contributed by atoms with E-state index in [4.69, 9.17) is 16.6 Å². The van der Waals surface area contributed by atoms with E-state index in [9.17, 15) is 4.79 Å². The van der Waals surface area contributed by atoms with E-state index in [-0.39, 0.29) is 11.3 Å². The highest BCUT2D eigenvalue weighted by Crippen LogP contribution is 2.26. The van der Waals surface area contributed by atoms with Crippen molar-refractivity contribution in [3.05, 3.63) is 22.8 Å². The Balaban J connectivity index is 3.53. The summed E-state index contributed by atoms with van der Waals surface area (Å²) in [6.45, 7) is 3.38. The van der Waals surface area contributed by atoms with E-state index in [1.807, 2.05) is 0 Å². The van der Waals surface area contributed by atoms with E-state index in [1.165, 1.54) is 0 Å². The number of hydrogen-bond donors (Lipinski definition) is 3. The van der Waals surface area contributed by atoms with Crippen molar-refractivity contribution < 1.29 is 9.90 Å². The van der Waals surface area contributed by atoms with Gasteiger partial charge in [-0.25, -0.2) is 4.79 Å². The monoisotopic (exact) mass is 180 g/mol. The van der Waals surface area contributed by atoms with Crippen molar-refractivity contribution in [2.24, 2.45) is 0 Å². The first kappa shape index (κ1) is 9.38. The first-order valence-corrected chi connectivity index (χ1v) is 3.83. The SMILES string of the molecule is Cc1cc(N)c(C)c(N)c1C(=O)O. The van der Waals surface area contributed by atoms with Crippen molar-refractivity contribution >= 4 is 17.3 Å². The standard InChI is InChI=1S/C9H12N2O2/c1-4-3-6(10)5(2)8(11)7(4)9(12)13/h3H,10-11H2,1-2H3,(H,12,13). The molecule has 70 valence electrons. The van der Waals surface area contributed by atoms with Gasteiger partial charge in [0.25, 0.3) is 0 Å². The van der Waals surface area contributed by atoms with Crippen LogP contribution in [0, 0.1) is 13.8 Å². The first-order chi connectivity index (χ1) is 5.95. The van der Waals surface area contributed by atoms with Crippen molar-refractivity contribution in [1.82, 2.24) is 0 Å². The zero-order valence-electron chi connectivity index (χ0n) is 7.59. The maximum Gasteiger partial charge on any atom is 0.338 e. The topological polar surface area (TPSA) is 89.3 Å². The molecule has 0 unspecified atom stereocenters. The molecule has 0 bridgehead atoms. The largest absolute Gasteiger partial charge is 0.478 e. The molecule has 0 aliphatic rings. The number of benzene rings is 1. The molecule has 0 atom stereocenters. The molecule has 1 aromatic carbocycles. The second-order valence-corrected chi connectivity index (χ2v) is 3.00. The van der Waals surface area contributed by atoms with Gasteiger partial charge in [-0.05, 0) is 31.0 Å². The van der Waals surface area contributed by atoms with Gasteiger partial charge >= 0.3 is 5.97 Å². The Morgan fingerprint density at radius 3 is 2.38 bits per heavy atom. The average Bonchev–Trinajstić information content (AvgIpc) is 1.99. The predicted molar refractivity (Wildman–Crippen MR) is 51.7 cm³/mol. The third kappa shape index (κ3) is 1.42. The third-order valence-electron chi connectivity index (χ3n) is 2.09. The number of hydrogen-bond acceptors (Lipinski definition) is 3. The number of carbonyl (C=O) groups is 1. The Morgan fingerprint density at radius 2 is 1.92 bits per heavy atom. The fraction of sp³-hybridized carbons (Fsp3) is 0.222. The van der Waals surface area contributed by atoms with Crippen molar-refractivity contribution in [2.75, 3.05) is 11.5 Å². The molecule has 1 rings (SSSR count). The second kappa shape index (κ2) is 2.97. The molecule has 0 saturated heterocycles. The maximum absolute atomic E-state index is 10.8. The summed E-state index contributed by atoms with van der Waals surface area (Å²) in [6.07, 6.45) is 0. The molecule has 0 aliphatic carbocycles. The summed E-state index contributed by atoms with van der Waals surface area (Å²) in [5, 5.41) is 8.84. The molecule has 0 aliphatic heterocycles. The van der Waals surface area contributed by atoms with Gasteiger partial charge in [-0.15, -0.1) is 0 Å². The highest BCUT2D eigenvalue weighted by molar-refractivity contribution is 5.97. The predicted octanol–water partition coefficient (Wildman–Crippen LogP) is 1.17. The van der Waals surface area contributed by atoms with Gasteiger partial charge < -0.3 is 16.6 Å². The highest BCUT2D eigenvalue weighted by atomic mass is 16.4. The number of carboxylic acid groups (broad SMARTS) is 1. The van der Waals surface area contributed by atoms with Gasteiger partial charge in [0.1, 0.15) is 0 Å². The van der Waals surface area contributed by atoms with E-state index in [0.717, 1.165) is 0 Å². The summed E-state index contributed by atoms with van der Waals surface area (Å²) < 4.78 is 0. The van der Waals surface area contributed by atoms with Crippen LogP contribution in [0.15, 0.2) is 6.07 Å². The number of rotatable bonds is 1. The van der Waals surface area contributed by atoms with Crippen LogP contribution in [0.1, 0.15) is 21.5 Å². The van der Waals surface area contributed by atoms with Crippen LogP contribution in [0.3, 0.4) is 0 Å². The number of nitrogens with two attached hydrogens (primary N) is 2. The zero-order chi connectivity index (χ0) is 10.2. The molecule has 4 nitrogen and oxygen atoms in total. The lowest BCUT2D eigenvalue weighted by molar-refractivity contribution is 0.0697. The van der Waals surface area contributed by atoms with Crippen LogP contribution in [-0.4, -0.2) is 11.1 Å². The molecular weight excluding hydrogens is 168 g/mol. The fourth-order valence-electron chi connectivity index (χ4n) is 1.25. The molecule has 0 saturated carbocycles. The number of aromatic carboxylic acids is 1. The number of nitrogen functional groups attached to an aromatic ring is 2. The zero-order valence-corrected chi connectivity index (χ0v) is 7.59. The summed E-state index contributed by atoms with van der Waals surface area (Å²) >= 11 is 0. The van der Waals surface area contributed by atoms with Crippen molar-refractivity contribution in [3.8, 4) is 0 Å². The van der Waals surface area contributed by atoms with Crippen molar-refractivity contribution in [1.29, 1.82) is 0 Å². The third-order valence-corrected chi connectivity index (χ3v) is 2.09. The molecular formula is C9H12N2O2. The van der Waals surface area contributed by atoms with E-state index in [0.29, 0.717) is 16.8 Å². The Morgan fingerprint density at radius 1 is 1.38 bits per heavy atom. The van der Waals surface area contributed by atoms with Gasteiger partial charge in [0.15, 0.2) is 0 Å². The lowest BCUT2D eigenvalue weighted by Gasteiger charge is -2.10. The summed E-state index contributed by atoms with van der Waals surface area (Å²) in [7, 11) is 0. The Hall–Kier alpha value is -1.71. The van der Waals surface area contributed by atoms with Gasteiger partial charge in [-0.3, -0.25) is 0 Å².